The highest BCUT2D eigenvalue weighted by Gasteiger charge is 2.28. The highest BCUT2D eigenvalue weighted by atomic mass is 16.5. The number of anilines is 3. The number of urea groups is 1. The second kappa shape index (κ2) is 17.1. The summed E-state index contributed by atoms with van der Waals surface area (Å²) in [6, 6.07) is 14.9. The zero-order valence-electron chi connectivity index (χ0n) is 30.9. The van der Waals surface area contributed by atoms with Gasteiger partial charge in [0.1, 0.15) is 28.8 Å². The number of fused-ring (bicyclic) bond motifs is 1. The summed E-state index contributed by atoms with van der Waals surface area (Å²) in [6.07, 6.45) is 5.36. The molecule has 0 saturated carbocycles. The molecule has 1 fully saturated rings. The Morgan fingerprint density at radius 1 is 0.811 bits per heavy atom. The summed E-state index contributed by atoms with van der Waals surface area (Å²) in [6.45, 7) is 5.68. The third kappa shape index (κ3) is 8.62. The molecule has 278 valence electrons. The van der Waals surface area contributed by atoms with Crippen LogP contribution in [0.25, 0.3) is 22.0 Å². The van der Waals surface area contributed by atoms with E-state index in [-0.39, 0.29) is 12.1 Å². The molecule has 3 aromatic heterocycles. The Balaban J connectivity index is 1.41. The van der Waals surface area contributed by atoms with Gasteiger partial charge in [-0.2, -0.15) is 0 Å². The summed E-state index contributed by atoms with van der Waals surface area (Å²) < 4.78 is 27.4. The lowest BCUT2D eigenvalue weighted by Gasteiger charge is -2.39. The molecule has 1 aliphatic rings. The number of amides is 2. The minimum absolute atomic E-state index is 0.00299. The number of hydrogen-bond acceptors (Lipinski definition) is 12. The smallest absolute Gasteiger partial charge is 0.320 e. The number of aromatic nitrogens is 3. The monoisotopic (exact) mass is 722 g/mol. The van der Waals surface area contributed by atoms with Crippen molar-refractivity contribution in [2.75, 3.05) is 77.7 Å². The summed E-state index contributed by atoms with van der Waals surface area (Å²) in [7, 11) is 8.16. The van der Waals surface area contributed by atoms with Crippen molar-refractivity contribution in [2.45, 2.75) is 26.1 Å². The quantitative estimate of drug-likeness (QED) is 0.0987. The number of ether oxygens (including phenoxy) is 5. The second-order valence-electron chi connectivity index (χ2n) is 12.6. The lowest BCUT2D eigenvalue weighted by atomic mass is 10.0. The van der Waals surface area contributed by atoms with Gasteiger partial charge in [0.05, 0.1) is 52.5 Å². The van der Waals surface area contributed by atoms with Crippen molar-refractivity contribution >= 4 is 34.1 Å². The fourth-order valence-corrected chi connectivity index (χ4v) is 6.24. The summed E-state index contributed by atoms with van der Waals surface area (Å²) >= 11 is 0. The van der Waals surface area contributed by atoms with Gasteiger partial charge < -0.3 is 39.6 Å². The minimum Gasteiger partial charge on any atom is -0.497 e. The molecule has 0 radical (unpaired) electrons. The van der Waals surface area contributed by atoms with Crippen LogP contribution in [0.1, 0.15) is 16.7 Å². The van der Waals surface area contributed by atoms with Crippen LogP contribution in [0.2, 0.25) is 0 Å². The van der Waals surface area contributed by atoms with Gasteiger partial charge in [-0.15, -0.1) is 0 Å². The third-order valence-electron chi connectivity index (χ3n) is 9.23. The van der Waals surface area contributed by atoms with Crippen LogP contribution in [0.15, 0.2) is 67.1 Å². The molecular weight excluding hydrogens is 676 g/mol. The minimum atomic E-state index is -0.363. The van der Waals surface area contributed by atoms with Gasteiger partial charge in [0.25, 0.3) is 0 Å². The van der Waals surface area contributed by atoms with Crippen molar-refractivity contribution in [3.63, 3.8) is 0 Å². The zero-order valence-corrected chi connectivity index (χ0v) is 30.9. The number of aryl methyl sites for hydroxylation is 1. The van der Waals surface area contributed by atoms with E-state index in [0.29, 0.717) is 60.0 Å². The summed E-state index contributed by atoms with van der Waals surface area (Å²) in [5, 5.41) is 14.7. The van der Waals surface area contributed by atoms with E-state index < -0.39 is 0 Å². The number of carbonyl (C=O) groups is 1. The van der Waals surface area contributed by atoms with Crippen LogP contribution in [-0.4, -0.2) is 93.7 Å². The Hall–Kier alpha value is -5.86. The van der Waals surface area contributed by atoms with Gasteiger partial charge in [0, 0.05) is 98.0 Å². The highest BCUT2D eigenvalue weighted by molar-refractivity contribution is 6.07. The lowest BCUT2D eigenvalue weighted by Crippen LogP contribution is -2.60. The van der Waals surface area contributed by atoms with Gasteiger partial charge >= 0.3 is 6.03 Å². The van der Waals surface area contributed by atoms with Crippen molar-refractivity contribution < 1.29 is 28.5 Å². The molecule has 0 unspecified atom stereocenters. The van der Waals surface area contributed by atoms with Crippen molar-refractivity contribution in [3.05, 3.63) is 83.8 Å². The van der Waals surface area contributed by atoms with Crippen LogP contribution < -0.4 is 40.2 Å². The van der Waals surface area contributed by atoms with E-state index in [2.05, 4.69) is 31.2 Å². The normalized spacial score (nSPS) is 12.9. The molecule has 0 aliphatic carbocycles. The fraction of sp³-hybridized carbons (Fsp3) is 0.333. The molecular formula is C39H46N8O6. The van der Waals surface area contributed by atoms with E-state index in [0.717, 1.165) is 58.4 Å². The molecule has 14 nitrogen and oxygen atoms in total. The number of rotatable bonds is 16. The van der Waals surface area contributed by atoms with E-state index in [1.54, 1.807) is 54.1 Å². The Morgan fingerprint density at radius 2 is 1.49 bits per heavy atom. The van der Waals surface area contributed by atoms with E-state index >= 15 is 0 Å². The van der Waals surface area contributed by atoms with Gasteiger partial charge in [-0.3, -0.25) is 20.2 Å². The first kappa shape index (κ1) is 36.9. The van der Waals surface area contributed by atoms with Gasteiger partial charge in [0.2, 0.25) is 0 Å². The largest absolute Gasteiger partial charge is 0.497 e. The first-order chi connectivity index (χ1) is 25.8. The number of nitrogens with zero attached hydrogens (tertiary/aromatic N) is 4. The van der Waals surface area contributed by atoms with Crippen molar-refractivity contribution in [1.29, 1.82) is 0 Å². The SMILES string of the molecule is COCCN1CC(NC(=O)Nc2nc(NCc3ccc(OC)cc3OC)c3cnc(-c4cnccc4C)cc3c2NCc2ccc(OC)cc2OC)C1. The van der Waals surface area contributed by atoms with Crippen LogP contribution >= 0.6 is 0 Å². The van der Waals surface area contributed by atoms with Crippen molar-refractivity contribution in [2.24, 2.45) is 0 Å². The average Bonchev–Trinajstić information content (AvgIpc) is 3.17. The van der Waals surface area contributed by atoms with Crippen molar-refractivity contribution in [1.82, 2.24) is 25.2 Å². The van der Waals surface area contributed by atoms with E-state index in [9.17, 15) is 4.79 Å². The zero-order chi connectivity index (χ0) is 37.3. The van der Waals surface area contributed by atoms with E-state index in [4.69, 9.17) is 33.7 Å². The molecule has 53 heavy (non-hydrogen) atoms. The first-order valence-electron chi connectivity index (χ1n) is 17.3. The maximum absolute atomic E-state index is 13.6. The molecule has 0 spiro atoms. The molecule has 5 aromatic rings. The van der Waals surface area contributed by atoms with Gasteiger partial charge in [-0.1, -0.05) is 0 Å². The molecule has 2 aromatic carbocycles. The second-order valence-corrected chi connectivity index (χ2v) is 12.6. The van der Waals surface area contributed by atoms with Gasteiger partial charge in [0.15, 0.2) is 5.82 Å². The topological polar surface area (TPSA) is 153 Å². The van der Waals surface area contributed by atoms with E-state index in [1.165, 1.54) is 0 Å². The number of likely N-dealkylation sites (tertiary alicyclic amines) is 1. The number of methoxy groups -OCH3 is 5. The molecule has 4 N–H and O–H groups in total. The fourth-order valence-electron chi connectivity index (χ4n) is 6.24. The Kier molecular flexibility index (Phi) is 11.9. The van der Waals surface area contributed by atoms with E-state index in [1.807, 2.05) is 55.5 Å². The van der Waals surface area contributed by atoms with Crippen LogP contribution in [-0.2, 0) is 17.8 Å². The molecule has 0 bridgehead atoms. The molecule has 0 atom stereocenters. The highest BCUT2D eigenvalue weighted by Crippen LogP contribution is 2.38. The number of nitrogens with one attached hydrogen (secondary N) is 4. The molecule has 4 heterocycles. The number of carbonyl (C=O) groups excluding carboxylic acids is 1. The molecule has 14 heteroatoms. The summed E-state index contributed by atoms with van der Waals surface area (Å²) in [4.78, 5) is 30.1. The number of benzene rings is 2. The Bertz CT molecular complexity index is 2060. The van der Waals surface area contributed by atoms with Crippen LogP contribution in [0.4, 0.5) is 22.1 Å². The number of hydrogen-bond donors (Lipinski definition) is 4. The summed E-state index contributed by atoms with van der Waals surface area (Å²) in [5.41, 5.74) is 5.03. The Labute approximate surface area is 309 Å². The van der Waals surface area contributed by atoms with Crippen LogP contribution in [0.5, 0.6) is 23.0 Å². The van der Waals surface area contributed by atoms with Gasteiger partial charge in [-0.25, -0.2) is 9.78 Å². The third-order valence-corrected chi connectivity index (χ3v) is 9.23. The van der Waals surface area contributed by atoms with Crippen LogP contribution in [0, 0.1) is 6.92 Å². The van der Waals surface area contributed by atoms with Crippen LogP contribution in [0.3, 0.4) is 0 Å². The standard InChI is InChI=1S/C39H46N8O6/c1-24-11-12-40-20-31(24)33-17-30-32(21-41-33)37(43-19-26-8-10-29(51-4)16-35(26)53-6)45-38(46-39(48)44-27-22-47(23-27)13-14-49-2)36(30)42-18-25-7-9-28(50-3)15-34(25)52-5/h7-12,15-17,20-21,27,42H,13-14,18-19,22-23H2,1-6H3,(H3,43,44,45,46,48). The maximum atomic E-state index is 13.6. The Morgan fingerprint density at radius 3 is 2.11 bits per heavy atom. The number of pyridine rings is 3. The summed E-state index contributed by atoms with van der Waals surface area (Å²) in [5.74, 6) is 3.55. The van der Waals surface area contributed by atoms with Crippen molar-refractivity contribution in [3.8, 4) is 34.3 Å². The lowest BCUT2D eigenvalue weighted by molar-refractivity contribution is 0.0867. The molecule has 1 aliphatic heterocycles. The molecule has 1 saturated heterocycles. The maximum Gasteiger partial charge on any atom is 0.320 e. The predicted molar refractivity (Wildman–Crippen MR) is 206 cm³/mol. The first-order valence-corrected chi connectivity index (χ1v) is 17.3. The van der Waals surface area contributed by atoms with Gasteiger partial charge in [-0.05, 0) is 48.9 Å². The molecule has 2 amide bonds. The molecule has 6 rings (SSSR count). The average molecular weight is 723 g/mol. The predicted octanol–water partition coefficient (Wildman–Crippen LogP) is 5.71.